The summed E-state index contributed by atoms with van der Waals surface area (Å²) in [5, 5.41) is 3.83. The molecule has 0 bridgehead atoms. The van der Waals surface area contributed by atoms with Crippen LogP contribution < -0.4 is 10.9 Å². The van der Waals surface area contributed by atoms with E-state index < -0.39 is 23.1 Å². The summed E-state index contributed by atoms with van der Waals surface area (Å²) in [6.45, 7) is 5.37. The number of halogens is 1. The Morgan fingerprint density at radius 3 is 2.55 bits per heavy atom. The smallest absolute Gasteiger partial charge is 0.336 e. The molecule has 7 heteroatoms. The summed E-state index contributed by atoms with van der Waals surface area (Å²) in [4.78, 5) is 39.1. The molecule has 0 radical (unpaired) electrons. The maximum atomic E-state index is 13.2. The van der Waals surface area contributed by atoms with Crippen molar-refractivity contribution in [3.8, 4) is 0 Å². The molecule has 0 spiro atoms. The molecule has 1 unspecified atom stereocenters. The highest BCUT2D eigenvalue weighted by Gasteiger charge is 2.49. The quantitative estimate of drug-likeness (QED) is 0.522. The molecule has 1 N–H and O–H groups in total. The van der Waals surface area contributed by atoms with Crippen LogP contribution in [-0.4, -0.2) is 16.8 Å². The van der Waals surface area contributed by atoms with Gasteiger partial charge < -0.3 is 9.73 Å². The van der Waals surface area contributed by atoms with E-state index in [1.54, 1.807) is 31.2 Å². The summed E-state index contributed by atoms with van der Waals surface area (Å²) in [6.07, 6.45) is 0. The number of benzene rings is 2. The van der Waals surface area contributed by atoms with Crippen LogP contribution >= 0.6 is 11.6 Å². The van der Waals surface area contributed by atoms with Gasteiger partial charge in [-0.3, -0.25) is 9.69 Å². The lowest BCUT2D eigenvalue weighted by Gasteiger charge is -2.23. The molecule has 0 saturated carbocycles. The van der Waals surface area contributed by atoms with Crippen molar-refractivity contribution in [3.05, 3.63) is 80.2 Å². The molecule has 2 heterocycles. The van der Waals surface area contributed by atoms with Gasteiger partial charge in [0.15, 0.2) is 0 Å². The Kier molecular flexibility index (Phi) is 4.46. The number of nitrogens with zero attached hydrogens (tertiary/aromatic N) is 1. The molecule has 1 atom stereocenters. The van der Waals surface area contributed by atoms with Gasteiger partial charge in [0.05, 0.1) is 6.54 Å². The van der Waals surface area contributed by atoms with Crippen LogP contribution in [0.25, 0.3) is 11.0 Å². The summed E-state index contributed by atoms with van der Waals surface area (Å²) >= 11 is 6.27. The molecule has 2 aromatic carbocycles. The Balaban J connectivity index is 1.77. The second kappa shape index (κ2) is 6.74. The number of fused-ring (bicyclic) bond motifs is 1. The first-order valence-electron chi connectivity index (χ1n) is 9.14. The van der Waals surface area contributed by atoms with Crippen molar-refractivity contribution in [1.82, 2.24) is 10.2 Å². The number of amides is 3. The molecule has 29 heavy (non-hydrogen) atoms. The molecule has 1 fully saturated rings. The van der Waals surface area contributed by atoms with Crippen LogP contribution in [0.3, 0.4) is 0 Å². The zero-order valence-corrected chi connectivity index (χ0v) is 17.0. The first-order chi connectivity index (χ1) is 13.7. The van der Waals surface area contributed by atoms with Crippen LogP contribution in [0.2, 0.25) is 5.02 Å². The van der Waals surface area contributed by atoms with Crippen LogP contribution in [0.1, 0.15) is 29.2 Å². The average Bonchev–Trinajstić information content (AvgIpc) is 2.89. The maximum absolute atomic E-state index is 13.2. The van der Waals surface area contributed by atoms with Crippen LogP contribution in [0.4, 0.5) is 4.79 Å². The molecular formula is C22H19ClN2O4. The molecule has 1 saturated heterocycles. The number of hydrogen-bond acceptors (Lipinski definition) is 4. The van der Waals surface area contributed by atoms with Crippen molar-refractivity contribution >= 4 is 34.5 Å². The van der Waals surface area contributed by atoms with Gasteiger partial charge in [0.2, 0.25) is 0 Å². The Hall–Kier alpha value is -3.12. The maximum Gasteiger partial charge on any atom is 0.336 e. The van der Waals surface area contributed by atoms with Gasteiger partial charge in [0.25, 0.3) is 5.91 Å². The minimum atomic E-state index is -1.28. The van der Waals surface area contributed by atoms with Crippen LogP contribution in [0.15, 0.2) is 51.7 Å². The molecule has 6 nitrogen and oxygen atoms in total. The highest BCUT2D eigenvalue weighted by molar-refractivity contribution is 6.32. The molecular weight excluding hydrogens is 392 g/mol. The van der Waals surface area contributed by atoms with Crippen LogP contribution in [-0.2, 0) is 16.9 Å². The number of carbonyl (C=O) groups excluding carboxylic acids is 2. The fourth-order valence-electron chi connectivity index (χ4n) is 3.72. The van der Waals surface area contributed by atoms with E-state index in [4.69, 9.17) is 16.0 Å². The van der Waals surface area contributed by atoms with Gasteiger partial charge in [0, 0.05) is 22.0 Å². The number of hydrogen-bond donors (Lipinski definition) is 1. The van der Waals surface area contributed by atoms with Gasteiger partial charge in [0.1, 0.15) is 11.1 Å². The lowest BCUT2D eigenvalue weighted by Crippen LogP contribution is -2.41. The van der Waals surface area contributed by atoms with Crippen molar-refractivity contribution in [3.63, 3.8) is 0 Å². The normalized spacial score (nSPS) is 19.1. The zero-order chi connectivity index (χ0) is 20.9. The fraction of sp³-hybridized carbons (Fsp3) is 0.227. The summed E-state index contributed by atoms with van der Waals surface area (Å²) in [5.74, 6) is -0.430. The molecule has 1 aliphatic heterocycles. The predicted octanol–water partition coefficient (Wildman–Crippen LogP) is 4.03. The molecule has 1 aliphatic rings. The predicted molar refractivity (Wildman–Crippen MR) is 110 cm³/mol. The van der Waals surface area contributed by atoms with Crippen LogP contribution in [0.5, 0.6) is 0 Å². The van der Waals surface area contributed by atoms with E-state index in [0.29, 0.717) is 27.1 Å². The minimum absolute atomic E-state index is 0.0463. The SMILES string of the molecule is Cc1ccc2c(CN3C(=O)NC(C)(c4ccccc4Cl)C3=O)cc(=O)oc2c1C. The van der Waals surface area contributed by atoms with Gasteiger partial charge in [-0.05, 0) is 43.5 Å². The van der Waals surface area contributed by atoms with Gasteiger partial charge in [-0.1, -0.05) is 41.9 Å². The fourth-order valence-corrected chi connectivity index (χ4v) is 4.04. The number of carbonyl (C=O) groups is 2. The van der Waals surface area contributed by atoms with Gasteiger partial charge >= 0.3 is 11.7 Å². The molecule has 0 aliphatic carbocycles. The topological polar surface area (TPSA) is 79.6 Å². The van der Waals surface area contributed by atoms with E-state index in [2.05, 4.69) is 5.32 Å². The number of nitrogens with one attached hydrogen (secondary N) is 1. The molecule has 4 rings (SSSR count). The molecule has 3 aromatic rings. The summed E-state index contributed by atoms with van der Waals surface area (Å²) in [6, 6.07) is 11.4. The van der Waals surface area contributed by atoms with E-state index in [1.807, 2.05) is 26.0 Å². The average molecular weight is 411 g/mol. The molecule has 3 amide bonds. The number of aryl methyl sites for hydroxylation is 2. The largest absolute Gasteiger partial charge is 0.422 e. The molecule has 148 valence electrons. The van der Waals surface area contributed by atoms with Gasteiger partial charge in [-0.2, -0.15) is 0 Å². The second-order valence-electron chi connectivity index (χ2n) is 7.40. The van der Waals surface area contributed by atoms with Gasteiger partial charge in [-0.15, -0.1) is 0 Å². The first-order valence-corrected chi connectivity index (χ1v) is 9.52. The standard InChI is InChI=1S/C22H19ClN2O4/c1-12-8-9-15-14(10-18(26)29-19(15)13(12)2)11-25-20(27)22(3,24-21(25)28)16-6-4-5-7-17(16)23/h4-10H,11H2,1-3H3,(H,24,28). The minimum Gasteiger partial charge on any atom is -0.422 e. The Morgan fingerprint density at radius 2 is 1.83 bits per heavy atom. The number of imide groups is 1. The van der Waals surface area contributed by atoms with E-state index in [-0.39, 0.29) is 6.54 Å². The monoisotopic (exact) mass is 410 g/mol. The van der Waals surface area contributed by atoms with E-state index >= 15 is 0 Å². The van der Waals surface area contributed by atoms with E-state index in [0.717, 1.165) is 16.0 Å². The number of rotatable bonds is 3. The van der Waals surface area contributed by atoms with Gasteiger partial charge in [-0.25, -0.2) is 9.59 Å². The highest BCUT2D eigenvalue weighted by Crippen LogP contribution is 2.34. The third-order valence-corrected chi connectivity index (χ3v) is 5.86. The van der Waals surface area contributed by atoms with Crippen molar-refractivity contribution in [2.45, 2.75) is 32.9 Å². The number of urea groups is 1. The zero-order valence-electron chi connectivity index (χ0n) is 16.2. The summed E-state index contributed by atoms with van der Waals surface area (Å²) in [7, 11) is 0. The van der Waals surface area contributed by atoms with E-state index in [1.165, 1.54) is 6.07 Å². The second-order valence-corrected chi connectivity index (χ2v) is 7.81. The van der Waals surface area contributed by atoms with Crippen molar-refractivity contribution in [2.75, 3.05) is 0 Å². The van der Waals surface area contributed by atoms with Crippen molar-refractivity contribution in [2.24, 2.45) is 0 Å². The lowest BCUT2D eigenvalue weighted by atomic mass is 9.92. The summed E-state index contributed by atoms with van der Waals surface area (Å²) in [5.41, 5.74) is 1.56. The first kappa shape index (κ1) is 19.2. The third kappa shape index (κ3) is 3.00. The highest BCUT2D eigenvalue weighted by atomic mass is 35.5. The van der Waals surface area contributed by atoms with Crippen molar-refractivity contribution in [1.29, 1.82) is 0 Å². The Labute approximate surface area is 172 Å². The third-order valence-electron chi connectivity index (χ3n) is 5.53. The van der Waals surface area contributed by atoms with Crippen LogP contribution in [0, 0.1) is 13.8 Å². The lowest BCUT2D eigenvalue weighted by molar-refractivity contribution is -0.131. The van der Waals surface area contributed by atoms with Crippen molar-refractivity contribution < 1.29 is 14.0 Å². The Bertz CT molecular complexity index is 1230. The summed E-state index contributed by atoms with van der Waals surface area (Å²) < 4.78 is 5.38. The molecule has 1 aromatic heterocycles. The Morgan fingerprint density at radius 1 is 1.10 bits per heavy atom. The van der Waals surface area contributed by atoms with E-state index in [9.17, 15) is 14.4 Å².